The molecule has 0 bridgehead atoms. The first-order valence-electron chi connectivity index (χ1n) is 4.97. The van der Waals surface area contributed by atoms with Crippen LogP contribution in [0.4, 0.5) is 0 Å². The maximum atomic E-state index is 7.56. The van der Waals surface area contributed by atoms with E-state index in [1.54, 1.807) is 0 Å². The Morgan fingerprint density at radius 3 is 0.864 bits per heavy atom. The van der Waals surface area contributed by atoms with Crippen molar-refractivity contribution >= 4 is 77.4 Å². The molecule has 0 saturated carbocycles. The zero-order chi connectivity index (χ0) is 15.8. The molecule has 0 fully saturated rings. The largest absolute Gasteiger partial charge is 0.0616 e. The van der Waals surface area contributed by atoms with Crippen molar-refractivity contribution in [3.8, 4) is 0 Å². The molecule has 0 spiro atoms. The standard InChI is InChI=1S/C10H8.CH4.Na.2H3O3PS.H/c1-2-6-10-8-4-3-7-9(10)5-1;;;2*1-4(2,3)5;/h1-8H;1H4;;2*(H3,1,2,3,5);. The average Bonchev–Trinajstić information content (AvgIpc) is 2.25. The summed E-state index contributed by atoms with van der Waals surface area (Å²) in [6.45, 7) is -7.61. The molecular formula is C11H19NaO6P2S2. The fourth-order valence-corrected chi connectivity index (χ4v) is 1.13. The quantitative estimate of drug-likeness (QED) is 0.290. The Bertz CT molecular complexity index is 529. The minimum absolute atomic E-state index is 0. The van der Waals surface area contributed by atoms with Crippen LogP contribution in [-0.4, -0.2) is 58.9 Å². The maximum absolute atomic E-state index is 7.56. The molecule has 6 N–H and O–H groups in total. The average molecular weight is 396 g/mol. The van der Waals surface area contributed by atoms with Gasteiger partial charge in [0, 0.05) is 0 Å². The molecule has 0 aliphatic rings. The Morgan fingerprint density at radius 2 is 0.727 bits per heavy atom. The second-order valence-corrected chi connectivity index (χ2v) is 8.37. The molecule has 0 aliphatic heterocycles. The van der Waals surface area contributed by atoms with Crippen LogP contribution < -0.4 is 0 Å². The van der Waals surface area contributed by atoms with Crippen LogP contribution >= 0.6 is 13.4 Å². The Kier molecular flexibility index (Phi) is 16.4. The van der Waals surface area contributed by atoms with Crippen LogP contribution in [0.5, 0.6) is 0 Å². The molecule has 2 aromatic rings. The SMILES string of the molecule is C.OP(O)(O)=S.OP(O)(O)=S.[NaH].c1ccc2ccccc2c1. The van der Waals surface area contributed by atoms with Crippen LogP contribution in [0.1, 0.15) is 7.43 Å². The van der Waals surface area contributed by atoms with Gasteiger partial charge in [0.15, 0.2) is 0 Å². The van der Waals surface area contributed by atoms with Gasteiger partial charge in [-0.25, -0.2) is 0 Å². The summed E-state index contributed by atoms with van der Waals surface area (Å²) in [6, 6.07) is 16.7. The topological polar surface area (TPSA) is 121 Å². The van der Waals surface area contributed by atoms with Crippen molar-refractivity contribution in [1.29, 1.82) is 0 Å². The van der Waals surface area contributed by atoms with Crippen molar-refractivity contribution in [1.82, 2.24) is 0 Å². The summed E-state index contributed by atoms with van der Waals surface area (Å²) in [5.74, 6) is 0. The molecule has 0 atom stereocenters. The maximum Gasteiger partial charge on any atom is -0.0184 e. The van der Waals surface area contributed by atoms with Gasteiger partial charge in [0.05, 0.1) is 0 Å². The second kappa shape index (κ2) is 13.1. The Hall–Kier alpha value is 0.760. The predicted octanol–water partition coefficient (Wildman–Crippen LogP) is 1.20. The van der Waals surface area contributed by atoms with Gasteiger partial charge in [-0.1, -0.05) is 56.0 Å². The van der Waals surface area contributed by atoms with E-state index in [2.05, 4.69) is 72.1 Å². The molecular weight excluding hydrogens is 377 g/mol. The smallest absolute Gasteiger partial charge is 0.0184 e. The molecule has 0 amide bonds. The number of hydrogen-bond donors (Lipinski definition) is 6. The number of hydrogen-bond acceptors (Lipinski definition) is 2. The molecule has 0 aliphatic carbocycles. The van der Waals surface area contributed by atoms with Crippen LogP contribution in [0, 0.1) is 0 Å². The van der Waals surface area contributed by atoms with Crippen LogP contribution in [0.3, 0.4) is 0 Å². The Labute approximate surface area is 161 Å². The molecule has 0 saturated heterocycles. The molecule has 22 heavy (non-hydrogen) atoms. The van der Waals surface area contributed by atoms with Crippen molar-refractivity contribution < 1.29 is 29.4 Å². The first kappa shape index (κ1) is 27.6. The van der Waals surface area contributed by atoms with Crippen molar-refractivity contribution in [3.05, 3.63) is 48.5 Å². The minimum atomic E-state index is -3.81. The summed E-state index contributed by atoms with van der Waals surface area (Å²) >= 11 is 7.21. The monoisotopic (exact) mass is 396 g/mol. The van der Waals surface area contributed by atoms with E-state index < -0.39 is 13.4 Å². The van der Waals surface area contributed by atoms with Gasteiger partial charge >= 0.3 is 43.0 Å². The molecule has 2 rings (SSSR count). The summed E-state index contributed by atoms with van der Waals surface area (Å²) in [7, 11) is 0. The molecule has 0 heterocycles. The molecule has 0 aromatic heterocycles. The molecule has 0 unspecified atom stereocenters. The number of fused-ring (bicyclic) bond motifs is 1. The van der Waals surface area contributed by atoms with Gasteiger partial charge in [-0.2, -0.15) is 0 Å². The van der Waals surface area contributed by atoms with E-state index in [0.717, 1.165) is 0 Å². The summed E-state index contributed by atoms with van der Waals surface area (Å²) in [4.78, 5) is 45.3. The van der Waals surface area contributed by atoms with E-state index in [-0.39, 0.29) is 37.0 Å². The van der Waals surface area contributed by atoms with E-state index in [1.165, 1.54) is 10.8 Å². The first-order valence-corrected chi connectivity index (χ1v) is 10.3. The van der Waals surface area contributed by atoms with E-state index in [4.69, 9.17) is 29.4 Å². The summed E-state index contributed by atoms with van der Waals surface area (Å²) in [5.41, 5.74) is 0. The third-order valence-electron chi connectivity index (χ3n) is 1.66. The van der Waals surface area contributed by atoms with Crippen LogP contribution in [0.15, 0.2) is 48.5 Å². The van der Waals surface area contributed by atoms with Gasteiger partial charge < -0.3 is 29.4 Å². The Morgan fingerprint density at radius 1 is 0.591 bits per heavy atom. The number of benzene rings is 2. The van der Waals surface area contributed by atoms with Crippen LogP contribution in [-0.2, 0) is 23.6 Å². The Balaban J connectivity index is -0.000000264. The summed E-state index contributed by atoms with van der Waals surface area (Å²) in [6.07, 6.45) is 0. The van der Waals surface area contributed by atoms with Gasteiger partial charge in [0.2, 0.25) is 0 Å². The third kappa shape index (κ3) is 23.0. The van der Waals surface area contributed by atoms with Crippen molar-refractivity contribution in [2.75, 3.05) is 0 Å². The molecule has 11 heteroatoms. The summed E-state index contributed by atoms with van der Waals surface area (Å²) < 4.78 is 0. The van der Waals surface area contributed by atoms with E-state index in [9.17, 15) is 0 Å². The van der Waals surface area contributed by atoms with E-state index >= 15 is 0 Å². The molecule has 2 aromatic carbocycles. The fourth-order valence-electron chi connectivity index (χ4n) is 1.13. The van der Waals surface area contributed by atoms with Gasteiger partial charge in [-0.3, -0.25) is 0 Å². The molecule has 6 nitrogen and oxygen atoms in total. The van der Waals surface area contributed by atoms with Crippen molar-refractivity contribution in [2.45, 2.75) is 7.43 Å². The van der Waals surface area contributed by atoms with Gasteiger partial charge in [-0.05, 0) is 34.4 Å². The van der Waals surface area contributed by atoms with Crippen LogP contribution in [0.25, 0.3) is 10.8 Å². The van der Waals surface area contributed by atoms with Crippen molar-refractivity contribution in [3.63, 3.8) is 0 Å². The zero-order valence-corrected chi connectivity index (χ0v) is 13.4. The zero-order valence-electron chi connectivity index (χ0n) is 10.0. The first-order chi connectivity index (χ1) is 8.97. The van der Waals surface area contributed by atoms with Crippen LogP contribution in [0.2, 0.25) is 0 Å². The molecule has 0 radical (unpaired) electrons. The second-order valence-electron chi connectivity index (χ2n) is 3.37. The molecule has 122 valence electrons. The van der Waals surface area contributed by atoms with Crippen molar-refractivity contribution in [2.24, 2.45) is 0 Å². The van der Waals surface area contributed by atoms with Gasteiger partial charge in [0.25, 0.3) is 0 Å². The fraction of sp³-hybridized carbons (Fsp3) is 0.0909. The summed E-state index contributed by atoms with van der Waals surface area (Å²) in [5, 5.41) is 2.62. The number of rotatable bonds is 0. The predicted molar refractivity (Wildman–Crippen MR) is 99.7 cm³/mol. The van der Waals surface area contributed by atoms with E-state index in [0.29, 0.717) is 0 Å². The minimum Gasteiger partial charge on any atom is -0.0616 e. The third-order valence-corrected chi connectivity index (χ3v) is 1.66. The van der Waals surface area contributed by atoms with Gasteiger partial charge in [-0.15, -0.1) is 0 Å². The van der Waals surface area contributed by atoms with Gasteiger partial charge in [0.1, 0.15) is 0 Å². The normalized spacial score (nSPS) is 9.91. The van der Waals surface area contributed by atoms with E-state index in [1.807, 2.05) is 0 Å².